The van der Waals surface area contributed by atoms with E-state index in [4.69, 9.17) is 9.47 Å². The molecular formula is C24H18O2Si. The fourth-order valence-electron chi connectivity index (χ4n) is 2.69. The molecule has 0 N–H and O–H groups in total. The zero-order valence-corrected chi connectivity index (χ0v) is 15.7. The van der Waals surface area contributed by atoms with E-state index in [-0.39, 0.29) is 0 Å². The summed E-state index contributed by atoms with van der Waals surface area (Å²) >= 11 is 0. The van der Waals surface area contributed by atoms with Crippen LogP contribution in [0.5, 0.6) is 23.0 Å². The Balaban J connectivity index is 1.47. The third-order valence-electron chi connectivity index (χ3n) is 3.91. The molecule has 3 heteroatoms. The molecule has 0 bridgehead atoms. The Morgan fingerprint density at radius 3 is 1.26 bits per heavy atom. The monoisotopic (exact) mass is 366 g/mol. The van der Waals surface area contributed by atoms with Crippen molar-refractivity contribution in [1.29, 1.82) is 0 Å². The standard InChI is InChI=1S/C24H18O2Si/c1-3-9-19(10-4-1)25-21-13-7-15-23(17-21)27-24-16-8-14-22(18-24)26-20-11-5-2-6-12-20/h1-18H. The first-order chi connectivity index (χ1) is 13.3. The smallest absolute Gasteiger partial charge is 0.127 e. The van der Waals surface area contributed by atoms with Gasteiger partial charge in [-0.25, -0.2) is 0 Å². The summed E-state index contributed by atoms with van der Waals surface area (Å²) in [4.78, 5) is 0. The highest BCUT2D eigenvalue weighted by Crippen LogP contribution is 2.20. The number of benzene rings is 4. The number of ether oxygens (including phenoxy) is 2. The van der Waals surface area contributed by atoms with Gasteiger partial charge in [-0.2, -0.15) is 0 Å². The van der Waals surface area contributed by atoms with Crippen molar-refractivity contribution in [2.75, 3.05) is 0 Å². The van der Waals surface area contributed by atoms with E-state index in [9.17, 15) is 0 Å². The summed E-state index contributed by atoms with van der Waals surface area (Å²) in [5, 5.41) is 2.44. The van der Waals surface area contributed by atoms with Crippen molar-refractivity contribution in [3.8, 4) is 23.0 Å². The van der Waals surface area contributed by atoms with Gasteiger partial charge in [-0.3, -0.25) is 0 Å². The predicted molar refractivity (Wildman–Crippen MR) is 111 cm³/mol. The topological polar surface area (TPSA) is 18.5 Å². The molecule has 0 heterocycles. The average Bonchev–Trinajstić information content (AvgIpc) is 2.70. The Morgan fingerprint density at radius 2 is 0.815 bits per heavy atom. The first kappa shape index (κ1) is 17.1. The Hall–Kier alpha value is -3.30. The van der Waals surface area contributed by atoms with Crippen LogP contribution in [0.1, 0.15) is 0 Å². The normalized spacial score (nSPS) is 10.4. The highest BCUT2D eigenvalue weighted by molar-refractivity contribution is 6.67. The number of hydrogen-bond acceptors (Lipinski definition) is 2. The van der Waals surface area contributed by atoms with Gasteiger partial charge in [-0.15, -0.1) is 0 Å². The minimum absolute atomic E-state index is 0.531. The number of para-hydroxylation sites is 2. The maximum atomic E-state index is 5.94. The Kier molecular flexibility index (Phi) is 5.32. The molecule has 0 saturated heterocycles. The maximum Gasteiger partial charge on any atom is 0.127 e. The van der Waals surface area contributed by atoms with E-state index >= 15 is 0 Å². The molecule has 0 aliphatic heterocycles. The highest BCUT2D eigenvalue weighted by atomic mass is 28.2. The minimum Gasteiger partial charge on any atom is -0.457 e. The van der Waals surface area contributed by atoms with E-state index in [1.54, 1.807) is 0 Å². The van der Waals surface area contributed by atoms with Gasteiger partial charge in [0.1, 0.15) is 32.5 Å². The molecule has 0 aliphatic rings. The van der Waals surface area contributed by atoms with Crippen molar-refractivity contribution in [1.82, 2.24) is 0 Å². The first-order valence-electron chi connectivity index (χ1n) is 8.78. The van der Waals surface area contributed by atoms with Gasteiger partial charge >= 0.3 is 0 Å². The van der Waals surface area contributed by atoms with E-state index in [2.05, 4.69) is 24.3 Å². The van der Waals surface area contributed by atoms with E-state index in [1.165, 1.54) is 10.4 Å². The second kappa shape index (κ2) is 8.38. The van der Waals surface area contributed by atoms with E-state index in [0.29, 0.717) is 9.52 Å². The lowest BCUT2D eigenvalue weighted by atomic mass is 10.3. The molecule has 0 saturated carbocycles. The van der Waals surface area contributed by atoms with E-state index in [0.717, 1.165) is 23.0 Å². The quantitative estimate of drug-likeness (QED) is 0.451. The Bertz CT molecular complexity index is 918. The third kappa shape index (κ3) is 4.87. The lowest BCUT2D eigenvalue weighted by Crippen LogP contribution is -2.26. The lowest BCUT2D eigenvalue weighted by molar-refractivity contribution is 0.483. The summed E-state index contributed by atoms with van der Waals surface area (Å²) in [5.74, 6) is 3.39. The maximum absolute atomic E-state index is 5.94. The van der Waals surface area contributed by atoms with Crippen LogP contribution in [0.3, 0.4) is 0 Å². The molecule has 0 unspecified atom stereocenters. The molecular weight excluding hydrogens is 348 g/mol. The summed E-state index contributed by atoms with van der Waals surface area (Å²) in [6.45, 7) is 0. The predicted octanol–water partition coefficient (Wildman–Crippen LogP) is 4.93. The summed E-state index contributed by atoms with van der Waals surface area (Å²) in [6, 6.07) is 36.1. The van der Waals surface area contributed by atoms with Crippen molar-refractivity contribution in [2.24, 2.45) is 0 Å². The SMILES string of the molecule is c1ccc(Oc2cccc([Si]c3cccc(Oc4ccccc4)c3)c2)cc1. The van der Waals surface area contributed by atoms with Gasteiger partial charge in [-0.1, -0.05) is 71.0 Å². The van der Waals surface area contributed by atoms with Crippen molar-refractivity contribution >= 4 is 19.9 Å². The molecule has 0 aliphatic carbocycles. The van der Waals surface area contributed by atoms with Crippen molar-refractivity contribution < 1.29 is 9.47 Å². The van der Waals surface area contributed by atoms with Gasteiger partial charge in [0.15, 0.2) is 0 Å². The molecule has 0 amide bonds. The van der Waals surface area contributed by atoms with Crippen LogP contribution in [0, 0.1) is 0 Å². The summed E-state index contributed by atoms with van der Waals surface area (Å²) in [6.07, 6.45) is 0. The molecule has 0 spiro atoms. The highest BCUT2D eigenvalue weighted by Gasteiger charge is 2.04. The van der Waals surface area contributed by atoms with Gasteiger partial charge in [0.2, 0.25) is 0 Å². The average molecular weight is 366 g/mol. The molecule has 0 aromatic heterocycles. The van der Waals surface area contributed by atoms with Gasteiger partial charge in [0.25, 0.3) is 0 Å². The molecule has 4 aromatic rings. The fraction of sp³-hybridized carbons (Fsp3) is 0. The number of hydrogen-bond donors (Lipinski definition) is 0. The summed E-state index contributed by atoms with van der Waals surface area (Å²) < 4.78 is 11.9. The zero-order chi connectivity index (χ0) is 18.3. The van der Waals surface area contributed by atoms with Crippen LogP contribution in [0.15, 0.2) is 109 Å². The second-order valence-corrected chi connectivity index (χ2v) is 7.42. The molecule has 27 heavy (non-hydrogen) atoms. The van der Waals surface area contributed by atoms with Crippen LogP contribution in [0.25, 0.3) is 0 Å². The molecule has 4 aromatic carbocycles. The van der Waals surface area contributed by atoms with Crippen molar-refractivity contribution in [3.05, 3.63) is 109 Å². The van der Waals surface area contributed by atoms with Crippen LogP contribution in [-0.2, 0) is 0 Å². The molecule has 2 nitrogen and oxygen atoms in total. The molecule has 4 rings (SSSR count). The Labute approximate surface area is 161 Å². The summed E-state index contributed by atoms with van der Waals surface area (Å²) in [5.41, 5.74) is 0. The summed E-state index contributed by atoms with van der Waals surface area (Å²) in [7, 11) is 0.531. The lowest BCUT2D eigenvalue weighted by Gasteiger charge is -2.09. The zero-order valence-electron chi connectivity index (χ0n) is 14.7. The largest absolute Gasteiger partial charge is 0.457 e. The van der Waals surface area contributed by atoms with Crippen molar-refractivity contribution in [2.45, 2.75) is 0 Å². The van der Waals surface area contributed by atoms with Gasteiger partial charge in [-0.05, 0) is 48.5 Å². The van der Waals surface area contributed by atoms with Crippen LogP contribution in [0.2, 0.25) is 0 Å². The third-order valence-corrected chi connectivity index (χ3v) is 5.11. The van der Waals surface area contributed by atoms with Gasteiger partial charge in [0.05, 0.1) is 0 Å². The van der Waals surface area contributed by atoms with E-state index in [1.807, 2.05) is 84.9 Å². The van der Waals surface area contributed by atoms with E-state index < -0.39 is 0 Å². The van der Waals surface area contributed by atoms with Crippen LogP contribution in [0.4, 0.5) is 0 Å². The van der Waals surface area contributed by atoms with Gasteiger partial charge in [0, 0.05) is 0 Å². The van der Waals surface area contributed by atoms with Crippen LogP contribution >= 0.6 is 0 Å². The molecule has 2 radical (unpaired) electrons. The molecule has 0 atom stereocenters. The number of rotatable bonds is 6. The fourth-order valence-corrected chi connectivity index (χ4v) is 3.81. The van der Waals surface area contributed by atoms with Gasteiger partial charge < -0.3 is 9.47 Å². The van der Waals surface area contributed by atoms with Crippen molar-refractivity contribution in [3.63, 3.8) is 0 Å². The Morgan fingerprint density at radius 1 is 0.407 bits per heavy atom. The molecule has 0 fully saturated rings. The van der Waals surface area contributed by atoms with Crippen LogP contribution in [-0.4, -0.2) is 9.52 Å². The minimum atomic E-state index is 0.531. The molecule has 130 valence electrons. The first-order valence-corrected chi connectivity index (χ1v) is 9.78. The second-order valence-electron chi connectivity index (χ2n) is 6.01. The van der Waals surface area contributed by atoms with Crippen LogP contribution < -0.4 is 19.8 Å².